The smallest absolute Gasteiger partial charge is 0.254 e. The molecule has 3 heteroatoms. The molecule has 1 N–H and O–H groups in total. The Morgan fingerprint density at radius 1 is 1.33 bits per heavy atom. The predicted molar refractivity (Wildman–Crippen MR) is 73.9 cm³/mol. The summed E-state index contributed by atoms with van der Waals surface area (Å²) in [5.41, 5.74) is 3.12. The third kappa shape index (κ3) is 2.27. The van der Waals surface area contributed by atoms with E-state index in [9.17, 15) is 4.79 Å². The fourth-order valence-corrected chi connectivity index (χ4v) is 2.48. The average molecular weight is 246 g/mol. The topological polar surface area (TPSA) is 32.3 Å². The number of aryl methyl sites for hydroxylation is 1. The zero-order valence-corrected chi connectivity index (χ0v) is 11.7. The lowest BCUT2D eigenvalue weighted by molar-refractivity contribution is 0.0602. The van der Waals surface area contributed by atoms with Crippen molar-refractivity contribution < 1.29 is 4.79 Å². The quantitative estimate of drug-likeness (QED) is 0.823. The highest BCUT2D eigenvalue weighted by Crippen LogP contribution is 2.18. The van der Waals surface area contributed by atoms with Gasteiger partial charge in [0.05, 0.1) is 0 Å². The van der Waals surface area contributed by atoms with E-state index in [0.29, 0.717) is 6.04 Å². The van der Waals surface area contributed by atoms with E-state index in [0.717, 1.165) is 24.2 Å². The predicted octanol–water partition coefficient (Wildman–Crippen LogP) is 2.13. The summed E-state index contributed by atoms with van der Waals surface area (Å²) in [6.45, 7) is 9.99. The molecule has 1 aliphatic heterocycles. The normalized spacial score (nSPS) is 24.1. The van der Waals surface area contributed by atoms with Gasteiger partial charge in [0.25, 0.3) is 5.91 Å². The number of carbonyl (C=O) groups is 1. The van der Waals surface area contributed by atoms with Gasteiger partial charge in [-0.05, 0) is 44.9 Å². The fraction of sp³-hybridized carbons (Fsp3) is 0.533. The number of hydrogen-bond donors (Lipinski definition) is 1. The molecule has 0 radical (unpaired) electrons. The highest BCUT2D eigenvalue weighted by molar-refractivity contribution is 5.96. The summed E-state index contributed by atoms with van der Waals surface area (Å²) in [6.07, 6.45) is 0. The van der Waals surface area contributed by atoms with Crippen molar-refractivity contribution in [1.29, 1.82) is 0 Å². The highest BCUT2D eigenvalue weighted by Gasteiger charge is 2.29. The Morgan fingerprint density at radius 3 is 2.78 bits per heavy atom. The zero-order chi connectivity index (χ0) is 13.3. The van der Waals surface area contributed by atoms with Gasteiger partial charge < -0.3 is 10.2 Å². The largest absolute Gasteiger partial charge is 0.333 e. The molecule has 2 atom stereocenters. The van der Waals surface area contributed by atoms with Gasteiger partial charge in [-0.3, -0.25) is 4.79 Å². The van der Waals surface area contributed by atoms with Gasteiger partial charge in [-0.15, -0.1) is 0 Å². The summed E-state index contributed by atoms with van der Waals surface area (Å²) in [5.74, 6) is 0.164. The molecule has 1 fully saturated rings. The van der Waals surface area contributed by atoms with E-state index in [4.69, 9.17) is 0 Å². The summed E-state index contributed by atoms with van der Waals surface area (Å²) < 4.78 is 0. The third-order valence-corrected chi connectivity index (χ3v) is 4.13. The molecule has 2 rings (SSSR count). The SMILES string of the molecule is Cc1cccc(C(=O)N2CCNC(C)C2C)c1C. The van der Waals surface area contributed by atoms with Crippen molar-refractivity contribution in [2.24, 2.45) is 0 Å². The Hall–Kier alpha value is -1.35. The molecular formula is C15H22N2O. The van der Waals surface area contributed by atoms with Crippen LogP contribution < -0.4 is 5.32 Å². The maximum absolute atomic E-state index is 12.6. The zero-order valence-electron chi connectivity index (χ0n) is 11.7. The Kier molecular flexibility index (Phi) is 3.71. The standard InChI is InChI=1S/C15H22N2O/c1-10-6-5-7-14(11(10)2)15(18)17-9-8-16-12(3)13(17)4/h5-7,12-13,16H,8-9H2,1-4H3. The van der Waals surface area contributed by atoms with Gasteiger partial charge in [0.1, 0.15) is 0 Å². The molecule has 1 aromatic carbocycles. The van der Waals surface area contributed by atoms with Gasteiger partial charge in [0.2, 0.25) is 0 Å². The Labute approximate surface area is 109 Å². The van der Waals surface area contributed by atoms with Crippen LogP contribution in [-0.2, 0) is 0 Å². The van der Waals surface area contributed by atoms with E-state index in [1.54, 1.807) is 0 Å². The minimum atomic E-state index is 0.164. The number of carbonyl (C=O) groups excluding carboxylic acids is 1. The maximum atomic E-state index is 12.6. The second-order valence-corrected chi connectivity index (χ2v) is 5.23. The first-order valence-corrected chi connectivity index (χ1v) is 6.63. The molecule has 1 heterocycles. The van der Waals surface area contributed by atoms with Gasteiger partial charge in [-0.1, -0.05) is 12.1 Å². The van der Waals surface area contributed by atoms with Crippen LogP contribution in [0.4, 0.5) is 0 Å². The third-order valence-electron chi connectivity index (χ3n) is 4.13. The average Bonchev–Trinajstić information content (AvgIpc) is 2.35. The lowest BCUT2D eigenvalue weighted by atomic mass is 10.00. The van der Waals surface area contributed by atoms with Gasteiger partial charge in [-0.25, -0.2) is 0 Å². The number of piperazine rings is 1. The van der Waals surface area contributed by atoms with Gasteiger partial charge in [0, 0.05) is 30.7 Å². The van der Waals surface area contributed by atoms with E-state index < -0.39 is 0 Å². The van der Waals surface area contributed by atoms with Crippen molar-refractivity contribution in [1.82, 2.24) is 10.2 Å². The molecule has 0 aromatic heterocycles. The molecule has 18 heavy (non-hydrogen) atoms. The van der Waals surface area contributed by atoms with Gasteiger partial charge in [-0.2, -0.15) is 0 Å². The first-order valence-electron chi connectivity index (χ1n) is 6.63. The number of amides is 1. The lowest BCUT2D eigenvalue weighted by Crippen LogP contribution is -2.57. The van der Waals surface area contributed by atoms with Crippen molar-refractivity contribution in [3.8, 4) is 0 Å². The second kappa shape index (κ2) is 5.11. The van der Waals surface area contributed by atoms with Crippen molar-refractivity contribution in [2.75, 3.05) is 13.1 Å². The molecule has 3 nitrogen and oxygen atoms in total. The monoisotopic (exact) mass is 246 g/mol. The van der Waals surface area contributed by atoms with Crippen LogP contribution in [0.25, 0.3) is 0 Å². The van der Waals surface area contributed by atoms with E-state index in [-0.39, 0.29) is 11.9 Å². The molecule has 1 aliphatic rings. The molecule has 1 saturated heterocycles. The number of rotatable bonds is 1. The van der Waals surface area contributed by atoms with Crippen molar-refractivity contribution in [2.45, 2.75) is 39.8 Å². The van der Waals surface area contributed by atoms with Gasteiger partial charge in [0.15, 0.2) is 0 Å². The molecule has 0 spiro atoms. The minimum Gasteiger partial charge on any atom is -0.333 e. The molecule has 1 aromatic rings. The Balaban J connectivity index is 2.28. The minimum absolute atomic E-state index is 0.164. The summed E-state index contributed by atoms with van der Waals surface area (Å²) in [7, 11) is 0. The first kappa shape index (κ1) is 13.1. The van der Waals surface area contributed by atoms with Crippen LogP contribution in [0.15, 0.2) is 18.2 Å². The van der Waals surface area contributed by atoms with Gasteiger partial charge >= 0.3 is 0 Å². The molecule has 0 bridgehead atoms. The van der Waals surface area contributed by atoms with Crippen LogP contribution >= 0.6 is 0 Å². The number of hydrogen-bond acceptors (Lipinski definition) is 2. The Bertz CT molecular complexity index is 456. The van der Waals surface area contributed by atoms with Crippen LogP contribution in [0.2, 0.25) is 0 Å². The molecule has 1 amide bonds. The van der Waals surface area contributed by atoms with Crippen LogP contribution in [0.1, 0.15) is 35.3 Å². The number of nitrogens with zero attached hydrogens (tertiary/aromatic N) is 1. The molecule has 0 saturated carbocycles. The summed E-state index contributed by atoms with van der Waals surface area (Å²) in [6, 6.07) is 6.55. The Morgan fingerprint density at radius 2 is 2.06 bits per heavy atom. The molecule has 98 valence electrons. The van der Waals surface area contributed by atoms with E-state index in [2.05, 4.69) is 32.2 Å². The summed E-state index contributed by atoms with van der Waals surface area (Å²) in [4.78, 5) is 14.6. The van der Waals surface area contributed by atoms with E-state index in [1.807, 2.05) is 24.0 Å². The van der Waals surface area contributed by atoms with Crippen LogP contribution in [-0.4, -0.2) is 36.0 Å². The molecular weight excluding hydrogens is 224 g/mol. The maximum Gasteiger partial charge on any atom is 0.254 e. The summed E-state index contributed by atoms with van der Waals surface area (Å²) >= 11 is 0. The first-order chi connectivity index (χ1) is 8.52. The van der Waals surface area contributed by atoms with Crippen molar-refractivity contribution >= 4 is 5.91 Å². The van der Waals surface area contributed by atoms with Crippen molar-refractivity contribution in [3.63, 3.8) is 0 Å². The highest BCUT2D eigenvalue weighted by atomic mass is 16.2. The van der Waals surface area contributed by atoms with E-state index in [1.165, 1.54) is 5.56 Å². The van der Waals surface area contributed by atoms with Crippen LogP contribution in [0.3, 0.4) is 0 Å². The molecule has 2 unspecified atom stereocenters. The molecule has 0 aliphatic carbocycles. The second-order valence-electron chi connectivity index (χ2n) is 5.23. The lowest BCUT2D eigenvalue weighted by Gasteiger charge is -2.39. The van der Waals surface area contributed by atoms with Crippen LogP contribution in [0, 0.1) is 13.8 Å². The van der Waals surface area contributed by atoms with Crippen molar-refractivity contribution in [3.05, 3.63) is 34.9 Å². The number of nitrogens with one attached hydrogen (secondary N) is 1. The summed E-state index contributed by atoms with van der Waals surface area (Å²) in [5, 5.41) is 3.40. The fourth-order valence-electron chi connectivity index (χ4n) is 2.48. The number of benzene rings is 1. The van der Waals surface area contributed by atoms with Crippen LogP contribution in [0.5, 0.6) is 0 Å². The van der Waals surface area contributed by atoms with E-state index >= 15 is 0 Å².